The summed E-state index contributed by atoms with van der Waals surface area (Å²) in [6.45, 7) is 3.91. The van der Waals surface area contributed by atoms with Crippen molar-refractivity contribution in [3.63, 3.8) is 0 Å². The van der Waals surface area contributed by atoms with Crippen LogP contribution in [0.25, 0.3) is 0 Å². The first kappa shape index (κ1) is 28.9. The van der Waals surface area contributed by atoms with Crippen LogP contribution in [0.1, 0.15) is 56.6 Å². The maximum atomic E-state index is 13.0. The van der Waals surface area contributed by atoms with E-state index in [0.29, 0.717) is 37.5 Å². The van der Waals surface area contributed by atoms with Gasteiger partial charge in [0.25, 0.3) is 5.91 Å². The number of amidine groups is 1. The second kappa shape index (κ2) is 14.3. The molecule has 0 aromatic heterocycles. The van der Waals surface area contributed by atoms with Gasteiger partial charge in [-0.05, 0) is 41.8 Å². The fourth-order valence-electron chi connectivity index (χ4n) is 4.65. The lowest BCUT2D eigenvalue weighted by Crippen LogP contribution is -2.33. The van der Waals surface area contributed by atoms with Crippen molar-refractivity contribution in [1.82, 2.24) is 10.2 Å². The molecule has 9 nitrogen and oxygen atoms in total. The fraction of sp³-hybridized carbons (Fsp3) is 0.387. The molecule has 9 heteroatoms. The minimum absolute atomic E-state index is 0.00836. The number of aliphatic imine (C=N–C) groups is 3. The molecule has 2 aliphatic heterocycles. The third kappa shape index (κ3) is 7.95. The molecule has 0 radical (unpaired) electrons. The molecule has 2 heterocycles. The predicted octanol–water partition coefficient (Wildman–Crippen LogP) is 4.86. The molecule has 0 aliphatic carbocycles. The van der Waals surface area contributed by atoms with E-state index in [9.17, 15) is 9.59 Å². The lowest BCUT2D eigenvalue weighted by atomic mass is 10.1. The summed E-state index contributed by atoms with van der Waals surface area (Å²) in [5, 5.41) is 2.67. The Balaban J connectivity index is 1.46. The van der Waals surface area contributed by atoms with Crippen molar-refractivity contribution in [3.05, 3.63) is 70.8 Å². The normalized spacial score (nSPS) is 14.2. The van der Waals surface area contributed by atoms with E-state index in [1.807, 2.05) is 48.5 Å². The number of hydrogen-bond donors (Lipinski definition) is 1. The Labute approximate surface area is 235 Å². The predicted molar refractivity (Wildman–Crippen MR) is 157 cm³/mol. The molecule has 0 saturated heterocycles. The molecule has 2 aromatic rings. The first-order valence-electron chi connectivity index (χ1n) is 13.8. The molecule has 0 bridgehead atoms. The molecular weight excluding hydrogens is 506 g/mol. The van der Waals surface area contributed by atoms with Crippen LogP contribution in [0.4, 0.5) is 0 Å². The Morgan fingerprint density at radius 2 is 1.43 bits per heavy atom. The lowest BCUT2D eigenvalue weighted by molar-refractivity contribution is -0.119. The van der Waals surface area contributed by atoms with Crippen LogP contribution in [0, 0.1) is 0 Å². The second-order valence-electron chi connectivity index (χ2n) is 9.89. The van der Waals surface area contributed by atoms with Gasteiger partial charge < -0.3 is 9.47 Å². The Morgan fingerprint density at radius 3 is 2.00 bits per heavy atom. The highest BCUT2D eigenvalue weighted by Gasteiger charge is 2.30. The van der Waals surface area contributed by atoms with E-state index in [1.54, 1.807) is 20.4 Å². The summed E-state index contributed by atoms with van der Waals surface area (Å²) < 4.78 is 10.6. The first-order valence-corrected chi connectivity index (χ1v) is 13.8. The molecule has 2 amide bonds. The van der Waals surface area contributed by atoms with Gasteiger partial charge in [-0.15, -0.1) is 0 Å². The van der Waals surface area contributed by atoms with Gasteiger partial charge in [0.1, 0.15) is 11.5 Å². The third-order valence-corrected chi connectivity index (χ3v) is 6.80. The molecule has 0 fully saturated rings. The number of carbonyl (C=O) groups excluding carboxylic acids is 2. The van der Waals surface area contributed by atoms with E-state index in [0.717, 1.165) is 53.9 Å². The summed E-state index contributed by atoms with van der Waals surface area (Å²) >= 11 is 0. The summed E-state index contributed by atoms with van der Waals surface area (Å²) in [6, 6.07) is 15.9. The minimum Gasteiger partial charge on any atom is -0.497 e. The minimum atomic E-state index is -0.440. The highest BCUT2D eigenvalue weighted by Crippen LogP contribution is 2.23. The molecule has 0 spiro atoms. The van der Waals surface area contributed by atoms with Crippen molar-refractivity contribution in [2.24, 2.45) is 15.0 Å². The van der Waals surface area contributed by atoms with E-state index in [1.165, 1.54) is 6.42 Å². The van der Waals surface area contributed by atoms with Crippen molar-refractivity contribution < 1.29 is 19.1 Å². The van der Waals surface area contributed by atoms with Gasteiger partial charge in [-0.3, -0.25) is 19.8 Å². The number of carbonyl (C=O) groups is 2. The van der Waals surface area contributed by atoms with E-state index < -0.39 is 5.91 Å². The number of unbranched alkanes of at least 4 members (excludes halogenated alkanes) is 4. The maximum Gasteiger partial charge on any atom is 0.284 e. The van der Waals surface area contributed by atoms with E-state index in [4.69, 9.17) is 9.47 Å². The summed E-state index contributed by atoms with van der Waals surface area (Å²) in [5.41, 5.74) is 3.34. The van der Waals surface area contributed by atoms with Crippen LogP contribution < -0.4 is 14.8 Å². The molecule has 210 valence electrons. The number of nitrogens with one attached hydrogen (secondary N) is 1. The van der Waals surface area contributed by atoms with Gasteiger partial charge in [-0.1, -0.05) is 56.9 Å². The number of benzene rings is 2. The fourth-order valence-corrected chi connectivity index (χ4v) is 4.65. The maximum absolute atomic E-state index is 13.0. The van der Waals surface area contributed by atoms with Crippen LogP contribution in [-0.4, -0.2) is 55.5 Å². The number of guanidine groups is 1. The van der Waals surface area contributed by atoms with Crippen molar-refractivity contribution >= 4 is 29.8 Å². The third-order valence-electron chi connectivity index (χ3n) is 6.80. The van der Waals surface area contributed by atoms with Crippen LogP contribution in [-0.2, 0) is 22.7 Å². The zero-order valence-corrected chi connectivity index (χ0v) is 23.5. The van der Waals surface area contributed by atoms with Crippen LogP contribution in [0.3, 0.4) is 0 Å². The Bertz CT molecular complexity index is 1260. The van der Waals surface area contributed by atoms with Gasteiger partial charge in [0, 0.05) is 37.8 Å². The summed E-state index contributed by atoms with van der Waals surface area (Å²) in [5.74, 6) is 1.27. The zero-order chi connectivity index (χ0) is 28.3. The van der Waals surface area contributed by atoms with Crippen LogP contribution in [0.2, 0.25) is 0 Å². The average Bonchev–Trinajstić information content (AvgIpc) is 3.36. The molecule has 4 rings (SSSR count). The molecule has 2 aliphatic rings. The molecule has 0 saturated carbocycles. The Kier molecular flexibility index (Phi) is 10.3. The number of ether oxygens (including phenoxy) is 2. The molecule has 2 aromatic carbocycles. The van der Waals surface area contributed by atoms with Crippen molar-refractivity contribution in [2.45, 2.75) is 58.5 Å². The zero-order valence-electron chi connectivity index (χ0n) is 23.5. The van der Waals surface area contributed by atoms with Gasteiger partial charge in [0.05, 0.1) is 19.8 Å². The molecule has 40 heavy (non-hydrogen) atoms. The quantitative estimate of drug-likeness (QED) is 0.343. The van der Waals surface area contributed by atoms with Crippen LogP contribution >= 0.6 is 0 Å². The molecule has 1 N–H and O–H groups in total. The number of fused-ring (bicyclic) bond motifs is 1. The molecule has 0 atom stereocenters. The highest BCUT2D eigenvalue weighted by atomic mass is 16.5. The number of amides is 2. The summed E-state index contributed by atoms with van der Waals surface area (Å²) in [7, 11) is 3.29. The number of hydrogen-bond acceptors (Lipinski definition) is 7. The van der Waals surface area contributed by atoms with Crippen molar-refractivity contribution in [2.75, 3.05) is 20.8 Å². The summed E-state index contributed by atoms with van der Waals surface area (Å²) in [6.07, 6.45) is 7.30. The van der Waals surface area contributed by atoms with Crippen molar-refractivity contribution in [3.8, 4) is 11.5 Å². The van der Waals surface area contributed by atoms with Crippen molar-refractivity contribution in [1.29, 1.82) is 0 Å². The number of methoxy groups -OCH3 is 2. The molecular formula is C31H37N5O4. The monoisotopic (exact) mass is 543 g/mol. The molecule has 0 unspecified atom stereocenters. The van der Waals surface area contributed by atoms with E-state index >= 15 is 0 Å². The van der Waals surface area contributed by atoms with Gasteiger partial charge in [0.2, 0.25) is 11.9 Å². The largest absolute Gasteiger partial charge is 0.497 e. The second-order valence-corrected chi connectivity index (χ2v) is 9.89. The standard InChI is InChI=1S/C31H37N5O4/c1-4-5-6-7-8-9-27(37)33-31-34-29-28(30(38)35-31)24(18-32-29)21-36(19-22-10-14-25(39-2)15-11-22)20-23-12-16-26(40-3)17-13-23/h10-18H,4-9,19-21H2,1-3H3,(H,33,35,37,38). The Morgan fingerprint density at radius 1 is 0.825 bits per heavy atom. The van der Waals surface area contributed by atoms with Gasteiger partial charge in [0.15, 0.2) is 5.84 Å². The Hall–Kier alpha value is -4.11. The smallest absolute Gasteiger partial charge is 0.284 e. The lowest BCUT2D eigenvalue weighted by Gasteiger charge is -2.23. The van der Waals surface area contributed by atoms with E-state index in [-0.39, 0.29) is 11.9 Å². The SMILES string of the molecule is CCCCCCCC(=O)NC1=NC(=O)C2=C(CN(Cc3ccc(OC)cc3)Cc3ccc(OC)cc3)C=NC2=N1. The van der Waals surface area contributed by atoms with Gasteiger partial charge in [-0.2, -0.15) is 9.98 Å². The highest BCUT2D eigenvalue weighted by molar-refractivity contribution is 6.34. The van der Waals surface area contributed by atoms with Crippen LogP contribution in [0.15, 0.2) is 74.7 Å². The number of rotatable bonds is 14. The topological polar surface area (TPSA) is 105 Å². The van der Waals surface area contributed by atoms with E-state index in [2.05, 4.69) is 32.1 Å². The van der Waals surface area contributed by atoms with Gasteiger partial charge >= 0.3 is 0 Å². The first-order chi connectivity index (χ1) is 19.5. The average molecular weight is 544 g/mol. The number of nitrogens with zero attached hydrogens (tertiary/aromatic N) is 4. The van der Waals surface area contributed by atoms with Crippen LogP contribution in [0.5, 0.6) is 11.5 Å². The van der Waals surface area contributed by atoms with Gasteiger partial charge in [-0.25, -0.2) is 4.99 Å². The summed E-state index contributed by atoms with van der Waals surface area (Å²) in [4.78, 5) is 40.4.